The number of amides is 1. The maximum absolute atomic E-state index is 14.6. The van der Waals surface area contributed by atoms with E-state index in [1.807, 2.05) is 0 Å². The number of aromatic nitrogens is 1. The van der Waals surface area contributed by atoms with Gasteiger partial charge in [-0.3, -0.25) is 4.98 Å². The van der Waals surface area contributed by atoms with Crippen LogP contribution in [0.25, 0.3) is 10.9 Å². The molecule has 1 atom stereocenters. The Labute approximate surface area is 187 Å². The number of benzene rings is 2. The smallest absolute Gasteiger partial charge is 0.407 e. The van der Waals surface area contributed by atoms with E-state index in [0.29, 0.717) is 27.9 Å². The molecule has 7 nitrogen and oxygen atoms in total. The number of carbonyl (C=O) groups is 1. The number of hydrogen-bond acceptors (Lipinski definition) is 5. The molecule has 0 aliphatic carbocycles. The number of pyridine rings is 1. The van der Waals surface area contributed by atoms with Crippen molar-refractivity contribution in [3.05, 3.63) is 65.1 Å². The maximum atomic E-state index is 14.6. The Morgan fingerprint density at radius 1 is 1.24 bits per heavy atom. The van der Waals surface area contributed by atoms with E-state index in [1.165, 1.54) is 25.4 Å². The Balaban J connectivity index is 1.72. The molecular weight excluding hydrogens is 439 g/mol. The Hall–Kier alpha value is -3.53. The van der Waals surface area contributed by atoms with Gasteiger partial charge in [0.25, 0.3) is 6.43 Å². The largest absolute Gasteiger partial charge is 0.496 e. The van der Waals surface area contributed by atoms with Crippen molar-refractivity contribution in [1.29, 1.82) is 0 Å². The molecule has 0 bridgehead atoms. The van der Waals surface area contributed by atoms with E-state index in [2.05, 4.69) is 10.3 Å². The van der Waals surface area contributed by atoms with Gasteiger partial charge in [-0.2, -0.15) is 0 Å². The number of rotatable bonds is 6. The molecule has 2 heterocycles. The van der Waals surface area contributed by atoms with Crippen LogP contribution in [-0.2, 0) is 5.60 Å². The molecule has 0 spiro atoms. The summed E-state index contributed by atoms with van der Waals surface area (Å²) < 4.78 is 46.2. The van der Waals surface area contributed by atoms with Crippen LogP contribution >= 0.6 is 0 Å². The van der Waals surface area contributed by atoms with Crippen molar-refractivity contribution in [2.45, 2.75) is 25.0 Å². The van der Waals surface area contributed by atoms with Crippen LogP contribution in [0.1, 0.15) is 36.1 Å². The molecule has 33 heavy (non-hydrogen) atoms. The van der Waals surface area contributed by atoms with Crippen molar-refractivity contribution in [2.75, 3.05) is 25.5 Å². The van der Waals surface area contributed by atoms with Gasteiger partial charge in [0.15, 0.2) is 0 Å². The van der Waals surface area contributed by atoms with Gasteiger partial charge in [0, 0.05) is 34.5 Å². The molecule has 1 amide bonds. The third-order valence-electron chi connectivity index (χ3n) is 5.87. The molecular formula is C23H22F3N3O4. The van der Waals surface area contributed by atoms with Gasteiger partial charge in [0.1, 0.15) is 17.2 Å². The number of ether oxygens (including phenoxy) is 1. The number of nitrogens with zero attached hydrogens (tertiary/aromatic N) is 2. The number of alkyl halides is 2. The highest BCUT2D eigenvalue weighted by Gasteiger charge is 2.47. The Kier molecular flexibility index (Phi) is 5.79. The highest BCUT2D eigenvalue weighted by molar-refractivity contribution is 5.93. The summed E-state index contributed by atoms with van der Waals surface area (Å²) in [6.07, 6.45) is -2.53. The zero-order valence-electron chi connectivity index (χ0n) is 17.8. The number of nitrogens with one attached hydrogen (secondary N) is 1. The first-order valence-electron chi connectivity index (χ1n) is 10.1. The lowest BCUT2D eigenvalue weighted by atomic mass is 9.85. The van der Waals surface area contributed by atoms with Gasteiger partial charge in [0.2, 0.25) is 0 Å². The van der Waals surface area contributed by atoms with Gasteiger partial charge in [-0.15, -0.1) is 0 Å². The summed E-state index contributed by atoms with van der Waals surface area (Å²) in [5, 5.41) is 23.8. The number of likely N-dealkylation sites (tertiary alicyclic amines) is 1. The SMILES string of the molecule is COc1cc2nccc(N[C@H](C)c3cccc(C(F)F)c3F)c2cc1C1(O)CN(C(=O)O)C1. The molecule has 2 aromatic carbocycles. The molecule has 4 rings (SSSR count). The van der Waals surface area contributed by atoms with E-state index < -0.39 is 35.5 Å². The lowest BCUT2D eigenvalue weighted by Gasteiger charge is -2.45. The molecule has 3 N–H and O–H groups in total. The summed E-state index contributed by atoms with van der Waals surface area (Å²) in [4.78, 5) is 16.5. The van der Waals surface area contributed by atoms with Crippen LogP contribution in [0.4, 0.5) is 23.7 Å². The van der Waals surface area contributed by atoms with Crippen molar-refractivity contribution in [3.8, 4) is 5.75 Å². The van der Waals surface area contributed by atoms with Crippen molar-refractivity contribution >= 4 is 22.7 Å². The summed E-state index contributed by atoms with van der Waals surface area (Å²) in [5.74, 6) is -0.617. The normalized spacial score (nSPS) is 15.9. The maximum Gasteiger partial charge on any atom is 0.407 e. The zero-order valence-corrected chi connectivity index (χ0v) is 17.8. The lowest BCUT2D eigenvalue weighted by molar-refractivity contribution is -0.0908. The van der Waals surface area contributed by atoms with Crippen LogP contribution in [-0.4, -0.2) is 46.4 Å². The fourth-order valence-electron chi connectivity index (χ4n) is 4.11. The number of aliphatic hydroxyl groups is 1. The quantitative estimate of drug-likeness (QED) is 0.494. The summed E-state index contributed by atoms with van der Waals surface area (Å²) in [7, 11) is 1.44. The highest BCUT2D eigenvalue weighted by Crippen LogP contribution is 2.41. The number of fused-ring (bicyclic) bond motifs is 1. The van der Waals surface area contributed by atoms with Crippen LogP contribution in [0.15, 0.2) is 42.6 Å². The topological polar surface area (TPSA) is 94.9 Å². The van der Waals surface area contributed by atoms with Crippen molar-refractivity contribution < 1.29 is 32.9 Å². The second-order valence-electron chi connectivity index (χ2n) is 8.02. The number of carboxylic acid groups (broad SMARTS) is 1. The number of anilines is 1. The number of β-amino-alcohol motifs (C(OH)–C–C–N with tert-alkyl or cyclic N) is 1. The van der Waals surface area contributed by atoms with Gasteiger partial charge < -0.3 is 25.2 Å². The van der Waals surface area contributed by atoms with Crippen molar-refractivity contribution in [3.63, 3.8) is 0 Å². The number of methoxy groups -OCH3 is 1. The number of halogens is 3. The fraction of sp³-hybridized carbons (Fsp3) is 0.304. The first-order valence-corrected chi connectivity index (χ1v) is 10.1. The first kappa shape index (κ1) is 22.7. The molecule has 1 fully saturated rings. The van der Waals surface area contributed by atoms with Gasteiger partial charge in [-0.05, 0) is 19.1 Å². The molecule has 10 heteroatoms. The molecule has 0 saturated carbocycles. The van der Waals surface area contributed by atoms with E-state index >= 15 is 0 Å². The molecule has 1 aromatic heterocycles. The van der Waals surface area contributed by atoms with E-state index in [-0.39, 0.29) is 18.7 Å². The van der Waals surface area contributed by atoms with Crippen molar-refractivity contribution in [1.82, 2.24) is 9.88 Å². The number of hydrogen-bond donors (Lipinski definition) is 3. The van der Waals surface area contributed by atoms with Crippen LogP contribution in [0.5, 0.6) is 5.75 Å². The Morgan fingerprint density at radius 3 is 2.58 bits per heavy atom. The van der Waals surface area contributed by atoms with Gasteiger partial charge >= 0.3 is 6.09 Å². The molecule has 0 unspecified atom stereocenters. The van der Waals surface area contributed by atoms with E-state index in [4.69, 9.17) is 9.84 Å². The average molecular weight is 461 g/mol. The van der Waals surface area contributed by atoms with E-state index in [9.17, 15) is 23.1 Å². The van der Waals surface area contributed by atoms with Gasteiger partial charge in [-0.25, -0.2) is 18.0 Å². The molecule has 1 aliphatic rings. The van der Waals surface area contributed by atoms with E-state index in [1.54, 1.807) is 25.1 Å². The minimum Gasteiger partial charge on any atom is -0.496 e. The highest BCUT2D eigenvalue weighted by atomic mass is 19.3. The van der Waals surface area contributed by atoms with E-state index in [0.717, 1.165) is 11.0 Å². The standard InChI is InChI=1S/C23H22F3N3O4/c1-12(13-4-3-5-14(20(13)24)21(25)26)28-17-6-7-27-18-9-19(33-2)16(8-15(17)18)23(32)10-29(11-23)22(30)31/h3-9,12,21,32H,10-11H2,1-2H3,(H,27,28)(H,30,31)/t12-/m1/s1. The molecule has 1 aliphatic heterocycles. The average Bonchev–Trinajstić information content (AvgIpc) is 2.75. The third-order valence-corrected chi connectivity index (χ3v) is 5.87. The molecule has 0 radical (unpaired) electrons. The minimum absolute atomic E-state index is 0.0845. The third kappa shape index (κ3) is 4.02. The van der Waals surface area contributed by atoms with Crippen molar-refractivity contribution in [2.24, 2.45) is 0 Å². The zero-order chi connectivity index (χ0) is 23.9. The summed E-state index contributed by atoms with van der Waals surface area (Å²) in [6.45, 7) is 1.42. The molecule has 3 aromatic rings. The predicted octanol–water partition coefficient (Wildman–Crippen LogP) is 4.67. The monoisotopic (exact) mass is 461 g/mol. The summed E-state index contributed by atoms with van der Waals surface area (Å²) in [6, 6.07) is 8.14. The Bertz CT molecular complexity index is 1220. The molecule has 174 valence electrons. The lowest BCUT2D eigenvalue weighted by Crippen LogP contribution is -2.61. The van der Waals surface area contributed by atoms with Gasteiger partial charge in [0.05, 0.1) is 37.3 Å². The summed E-state index contributed by atoms with van der Waals surface area (Å²) >= 11 is 0. The first-order chi connectivity index (χ1) is 15.6. The second kappa shape index (κ2) is 8.43. The van der Waals surface area contributed by atoms with Crippen LogP contribution in [0.3, 0.4) is 0 Å². The van der Waals surface area contributed by atoms with Gasteiger partial charge in [-0.1, -0.05) is 18.2 Å². The van der Waals surface area contributed by atoms with Crippen LogP contribution in [0, 0.1) is 5.82 Å². The Morgan fingerprint density at radius 2 is 1.94 bits per heavy atom. The fourth-order valence-corrected chi connectivity index (χ4v) is 4.11. The predicted molar refractivity (Wildman–Crippen MR) is 115 cm³/mol. The van der Waals surface area contributed by atoms with Crippen LogP contribution in [0.2, 0.25) is 0 Å². The van der Waals surface area contributed by atoms with Crippen LogP contribution < -0.4 is 10.1 Å². The second-order valence-corrected chi connectivity index (χ2v) is 8.02. The molecule has 1 saturated heterocycles. The summed E-state index contributed by atoms with van der Waals surface area (Å²) in [5.41, 5.74) is -0.563. The minimum atomic E-state index is -2.93.